The molecule has 10 rings (SSSR count). The molecule has 0 bridgehead atoms. The number of oxazole rings is 1. The van der Waals surface area contributed by atoms with E-state index in [2.05, 4.69) is 109 Å². The Kier molecular flexibility index (Phi) is 7.40. The standard InChI is InChI=1S/C48H30N4O/c1-4-14-31(15-5-1)37-27-28-41(40-24-11-10-23-39(37)40)47-51-45(33-16-6-2-7-17-33)50-46(52-47)36-22-12-21-35(30-36)38-25-13-20-32-26-29-42-44(43(32)38)53-48(49-42)34-18-8-3-9-19-34/h1-30H. The van der Waals surface area contributed by atoms with E-state index in [0.29, 0.717) is 23.4 Å². The fraction of sp³-hybridized carbons (Fsp3) is 0. The van der Waals surface area contributed by atoms with Crippen molar-refractivity contribution in [2.24, 2.45) is 0 Å². The first kappa shape index (κ1) is 30.6. The highest BCUT2D eigenvalue weighted by molar-refractivity contribution is 6.11. The Morgan fingerprint density at radius 2 is 0.906 bits per heavy atom. The zero-order valence-corrected chi connectivity index (χ0v) is 28.5. The maximum atomic E-state index is 6.50. The van der Waals surface area contributed by atoms with E-state index in [0.717, 1.165) is 66.0 Å². The Bertz CT molecular complexity index is 2940. The number of fused-ring (bicyclic) bond motifs is 4. The molecule has 10 aromatic rings. The van der Waals surface area contributed by atoms with Crippen LogP contribution in [0.15, 0.2) is 186 Å². The van der Waals surface area contributed by atoms with Crippen molar-refractivity contribution in [2.75, 3.05) is 0 Å². The van der Waals surface area contributed by atoms with Gasteiger partial charge in [-0.15, -0.1) is 0 Å². The molecular weight excluding hydrogens is 649 g/mol. The molecule has 0 unspecified atom stereocenters. The van der Waals surface area contributed by atoms with Crippen molar-refractivity contribution in [1.29, 1.82) is 0 Å². The average molecular weight is 679 g/mol. The van der Waals surface area contributed by atoms with Gasteiger partial charge in [0.05, 0.1) is 0 Å². The molecule has 0 amide bonds. The summed E-state index contributed by atoms with van der Waals surface area (Å²) in [4.78, 5) is 20.2. The predicted molar refractivity (Wildman–Crippen MR) is 215 cm³/mol. The van der Waals surface area contributed by atoms with Crippen molar-refractivity contribution in [1.82, 2.24) is 19.9 Å². The maximum absolute atomic E-state index is 6.50. The van der Waals surface area contributed by atoms with Crippen LogP contribution in [0.5, 0.6) is 0 Å². The van der Waals surface area contributed by atoms with Gasteiger partial charge in [0.1, 0.15) is 5.52 Å². The molecule has 0 radical (unpaired) electrons. The van der Waals surface area contributed by atoms with Crippen LogP contribution in [0.3, 0.4) is 0 Å². The minimum Gasteiger partial charge on any atom is -0.435 e. The molecule has 0 aliphatic carbocycles. The van der Waals surface area contributed by atoms with E-state index in [1.165, 1.54) is 11.1 Å². The summed E-state index contributed by atoms with van der Waals surface area (Å²) in [5.41, 5.74) is 9.71. The van der Waals surface area contributed by atoms with Crippen LogP contribution in [0.1, 0.15) is 0 Å². The second kappa shape index (κ2) is 12.8. The van der Waals surface area contributed by atoms with Crippen LogP contribution >= 0.6 is 0 Å². The van der Waals surface area contributed by atoms with Crippen LogP contribution in [0.4, 0.5) is 0 Å². The minimum absolute atomic E-state index is 0.600. The molecule has 5 heteroatoms. The lowest BCUT2D eigenvalue weighted by Gasteiger charge is -2.13. The Hall–Kier alpha value is -7.24. The quantitative estimate of drug-likeness (QED) is 0.175. The smallest absolute Gasteiger partial charge is 0.227 e. The number of rotatable bonds is 6. The molecule has 8 aromatic carbocycles. The number of hydrogen-bond donors (Lipinski definition) is 0. The largest absolute Gasteiger partial charge is 0.435 e. The van der Waals surface area contributed by atoms with E-state index in [4.69, 9.17) is 24.4 Å². The molecule has 0 fully saturated rings. The Balaban J connectivity index is 1.14. The van der Waals surface area contributed by atoms with E-state index >= 15 is 0 Å². The third-order valence-corrected chi connectivity index (χ3v) is 9.77. The summed E-state index contributed by atoms with van der Waals surface area (Å²) in [5, 5.41) is 4.32. The topological polar surface area (TPSA) is 64.7 Å². The molecule has 0 saturated heterocycles. The van der Waals surface area contributed by atoms with Gasteiger partial charge in [0.25, 0.3) is 0 Å². The van der Waals surface area contributed by atoms with Gasteiger partial charge in [0.15, 0.2) is 23.1 Å². The van der Waals surface area contributed by atoms with Crippen LogP contribution in [0, 0.1) is 0 Å². The van der Waals surface area contributed by atoms with Crippen LogP contribution in [-0.4, -0.2) is 19.9 Å². The summed E-state index contributed by atoms with van der Waals surface area (Å²) in [5.74, 6) is 2.45. The van der Waals surface area contributed by atoms with Gasteiger partial charge in [-0.3, -0.25) is 0 Å². The fourth-order valence-corrected chi connectivity index (χ4v) is 7.23. The molecule has 0 spiro atoms. The lowest BCUT2D eigenvalue weighted by Crippen LogP contribution is -2.01. The van der Waals surface area contributed by atoms with Crippen molar-refractivity contribution in [3.63, 3.8) is 0 Å². The van der Waals surface area contributed by atoms with Crippen LogP contribution in [-0.2, 0) is 0 Å². The molecule has 0 N–H and O–H groups in total. The van der Waals surface area contributed by atoms with Crippen LogP contribution in [0.25, 0.3) is 101 Å². The highest BCUT2D eigenvalue weighted by Crippen LogP contribution is 2.39. The lowest BCUT2D eigenvalue weighted by molar-refractivity contribution is 0.623. The van der Waals surface area contributed by atoms with E-state index in [9.17, 15) is 0 Å². The molecule has 53 heavy (non-hydrogen) atoms. The Labute approximate surface area is 305 Å². The highest BCUT2D eigenvalue weighted by atomic mass is 16.3. The highest BCUT2D eigenvalue weighted by Gasteiger charge is 2.18. The van der Waals surface area contributed by atoms with Crippen molar-refractivity contribution in [2.45, 2.75) is 0 Å². The van der Waals surface area contributed by atoms with Crippen molar-refractivity contribution >= 4 is 32.6 Å². The van der Waals surface area contributed by atoms with Gasteiger partial charge in [-0.2, -0.15) is 0 Å². The third kappa shape index (κ3) is 5.52. The summed E-state index contributed by atoms with van der Waals surface area (Å²) in [6.45, 7) is 0. The van der Waals surface area contributed by atoms with Crippen molar-refractivity contribution < 1.29 is 4.42 Å². The van der Waals surface area contributed by atoms with E-state index in [-0.39, 0.29) is 0 Å². The molecule has 2 heterocycles. The summed E-state index contributed by atoms with van der Waals surface area (Å²) in [7, 11) is 0. The molecule has 0 atom stereocenters. The Morgan fingerprint density at radius 3 is 1.66 bits per heavy atom. The molecule has 248 valence electrons. The maximum Gasteiger partial charge on any atom is 0.227 e. The van der Waals surface area contributed by atoms with E-state index in [1.807, 2.05) is 72.8 Å². The Morgan fingerprint density at radius 1 is 0.340 bits per heavy atom. The van der Waals surface area contributed by atoms with Crippen LogP contribution in [0.2, 0.25) is 0 Å². The minimum atomic E-state index is 0.600. The molecule has 0 aliphatic rings. The summed E-state index contributed by atoms with van der Waals surface area (Å²) < 4.78 is 6.50. The second-order valence-corrected chi connectivity index (χ2v) is 13.0. The first-order chi connectivity index (χ1) is 26.3. The summed E-state index contributed by atoms with van der Waals surface area (Å²) in [6, 6.07) is 62.3. The van der Waals surface area contributed by atoms with Crippen LogP contribution < -0.4 is 0 Å². The number of nitrogens with zero attached hydrogens (tertiary/aromatic N) is 4. The normalized spacial score (nSPS) is 11.4. The first-order valence-electron chi connectivity index (χ1n) is 17.6. The SMILES string of the molecule is c1ccc(-c2nc(-c3cccc(-c4cccc5ccc6nc(-c7ccccc7)oc6c45)c3)nc(-c3ccc(-c4ccccc4)c4ccccc34)n2)cc1. The average Bonchev–Trinajstić information content (AvgIpc) is 3.69. The van der Waals surface area contributed by atoms with Gasteiger partial charge in [-0.25, -0.2) is 19.9 Å². The summed E-state index contributed by atoms with van der Waals surface area (Å²) in [6.07, 6.45) is 0. The van der Waals surface area contributed by atoms with Gasteiger partial charge in [-0.05, 0) is 68.7 Å². The monoisotopic (exact) mass is 678 g/mol. The first-order valence-corrected chi connectivity index (χ1v) is 17.6. The molecular formula is C48H30N4O. The van der Waals surface area contributed by atoms with Gasteiger partial charge in [0, 0.05) is 27.6 Å². The fourth-order valence-electron chi connectivity index (χ4n) is 7.23. The zero-order valence-electron chi connectivity index (χ0n) is 28.5. The summed E-state index contributed by atoms with van der Waals surface area (Å²) >= 11 is 0. The predicted octanol–water partition coefficient (Wildman–Crippen LogP) is 12.3. The van der Waals surface area contributed by atoms with Crippen molar-refractivity contribution in [3.05, 3.63) is 182 Å². The van der Waals surface area contributed by atoms with E-state index in [1.54, 1.807) is 0 Å². The second-order valence-electron chi connectivity index (χ2n) is 13.0. The molecule has 2 aromatic heterocycles. The lowest BCUT2D eigenvalue weighted by atomic mass is 9.94. The number of hydrogen-bond acceptors (Lipinski definition) is 5. The van der Waals surface area contributed by atoms with Gasteiger partial charge in [0.2, 0.25) is 5.89 Å². The molecule has 0 aliphatic heterocycles. The molecule has 5 nitrogen and oxygen atoms in total. The van der Waals surface area contributed by atoms with E-state index < -0.39 is 0 Å². The van der Waals surface area contributed by atoms with Gasteiger partial charge >= 0.3 is 0 Å². The zero-order chi connectivity index (χ0) is 35.1. The van der Waals surface area contributed by atoms with Crippen molar-refractivity contribution in [3.8, 4) is 67.9 Å². The molecule has 0 saturated carbocycles. The third-order valence-electron chi connectivity index (χ3n) is 9.77. The number of aromatic nitrogens is 4. The number of benzene rings is 8. The van der Waals surface area contributed by atoms with Gasteiger partial charge in [-0.1, -0.05) is 152 Å². The van der Waals surface area contributed by atoms with Gasteiger partial charge < -0.3 is 4.42 Å².